The van der Waals surface area contributed by atoms with Crippen LogP contribution < -0.4 is 4.74 Å². The van der Waals surface area contributed by atoms with Crippen molar-refractivity contribution in [2.75, 3.05) is 13.2 Å². The maximum Gasteiger partial charge on any atom is 0.306 e. The van der Waals surface area contributed by atoms with Crippen molar-refractivity contribution in [1.29, 1.82) is 0 Å². The van der Waals surface area contributed by atoms with Gasteiger partial charge in [0, 0.05) is 28.8 Å². The molecule has 0 saturated heterocycles. The lowest BCUT2D eigenvalue weighted by Crippen LogP contribution is -2.18. The van der Waals surface area contributed by atoms with Crippen LogP contribution in [-0.2, 0) is 26.2 Å². The number of rotatable bonds is 15. The number of benzene rings is 2. The third kappa shape index (κ3) is 10.7. The molecule has 0 spiro atoms. The van der Waals surface area contributed by atoms with Crippen molar-refractivity contribution in [1.82, 2.24) is 0 Å². The zero-order valence-corrected chi connectivity index (χ0v) is 23.2. The Hall–Kier alpha value is -1.92. The van der Waals surface area contributed by atoms with E-state index in [0.29, 0.717) is 32.5 Å². The third-order valence-corrected chi connectivity index (χ3v) is 6.34. The number of hydrogen-bond acceptors (Lipinski definition) is 6. The molecule has 0 aliphatic carbocycles. The first kappa shape index (κ1) is 29.3. The van der Waals surface area contributed by atoms with E-state index in [2.05, 4.69) is 75.5 Å². The molecule has 2 rings (SSSR count). The summed E-state index contributed by atoms with van der Waals surface area (Å²) in [6, 6.07) is 16.9. The van der Waals surface area contributed by atoms with Crippen LogP contribution in [0.2, 0.25) is 0 Å². The van der Waals surface area contributed by atoms with Crippen LogP contribution in [0.25, 0.3) is 0 Å². The van der Waals surface area contributed by atoms with Crippen LogP contribution in [0.3, 0.4) is 0 Å². The molecular weight excluding hydrogens is 476 g/mol. The highest BCUT2D eigenvalue weighted by molar-refractivity contribution is 7.81. The van der Waals surface area contributed by atoms with Gasteiger partial charge in [-0.1, -0.05) is 64.1 Å². The highest BCUT2D eigenvalue weighted by Gasteiger charge is 2.23. The third-order valence-electron chi connectivity index (χ3n) is 5.98. The molecule has 2 atom stereocenters. The fraction of sp³-hybridized carbons (Fsp3) is 0.517. The molecule has 0 aliphatic rings. The molecule has 2 aromatic carbocycles. The van der Waals surface area contributed by atoms with Gasteiger partial charge in [0.05, 0.1) is 19.6 Å². The number of carbonyl (C=O) groups excluding carboxylic acids is 2. The summed E-state index contributed by atoms with van der Waals surface area (Å²) in [6.45, 7) is 9.22. The first-order chi connectivity index (χ1) is 16.6. The Bertz CT molecular complexity index is 843. The molecular formula is C29H40O4S2. The number of ether oxygens (including phenoxy) is 2. The van der Waals surface area contributed by atoms with E-state index in [1.165, 1.54) is 16.7 Å². The molecule has 0 aromatic heterocycles. The Morgan fingerprint density at radius 3 is 1.97 bits per heavy atom. The van der Waals surface area contributed by atoms with Crippen molar-refractivity contribution in [2.45, 2.75) is 82.1 Å². The van der Waals surface area contributed by atoms with Crippen LogP contribution in [-0.4, -0.2) is 35.5 Å². The number of aryl methyl sites for hydroxylation is 1. The van der Waals surface area contributed by atoms with Crippen LogP contribution in [0, 0.1) is 0 Å². The maximum absolute atomic E-state index is 11.8. The van der Waals surface area contributed by atoms with E-state index in [1.54, 1.807) is 0 Å². The molecule has 35 heavy (non-hydrogen) atoms. The topological polar surface area (TPSA) is 52.6 Å². The fourth-order valence-electron chi connectivity index (χ4n) is 3.88. The summed E-state index contributed by atoms with van der Waals surface area (Å²) in [5, 5.41) is 0.135. The summed E-state index contributed by atoms with van der Waals surface area (Å²) < 4.78 is 11.1. The second kappa shape index (κ2) is 14.6. The summed E-state index contributed by atoms with van der Waals surface area (Å²) in [5.74, 6) is 0.871. The number of ketones is 1. The van der Waals surface area contributed by atoms with Crippen molar-refractivity contribution in [3.05, 3.63) is 65.2 Å². The van der Waals surface area contributed by atoms with E-state index in [4.69, 9.17) is 9.47 Å². The van der Waals surface area contributed by atoms with E-state index < -0.39 is 0 Å². The Morgan fingerprint density at radius 1 is 0.829 bits per heavy atom. The van der Waals surface area contributed by atoms with E-state index in [1.807, 2.05) is 26.0 Å². The number of thiol groups is 2. The molecule has 192 valence electrons. The summed E-state index contributed by atoms with van der Waals surface area (Å²) in [4.78, 5) is 23.4. The maximum atomic E-state index is 11.8. The summed E-state index contributed by atoms with van der Waals surface area (Å²) in [6.07, 6.45) is 3.79. The average Bonchev–Trinajstić information content (AvgIpc) is 2.79. The molecule has 6 heteroatoms. The van der Waals surface area contributed by atoms with Gasteiger partial charge in [-0.25, -0.2) is 0 Å². The minimum atomic E-state index is -0.185. The van der Waals surface area contributed by atoms with E-state index in [-0.39, 0.29) is 27.7 Å². The molecule has 0 saturated carbocycles. The molecule has 2 aromatic rings. The van der Waals surface area contributed by atoms with Crippen LogP contribution >= 0.6 is 25.3 Å². The normalized spacial score (nSPS) is 13.2. The smallest absolute Gasteiger partial charge is 0.306 e. The van der Waals surface area contributed by atoms with Crippen molar-refractivity contribution in [3.63, 3.8) is 0 Å². The summed E-state index contributed by atoms with van der Waals surface area (Å²) in [7, 11) is 0. The van der Waals surface area contributed by atoms with Gasteiger partial charge < -0.3 is 9.47 Å². The van der Waals surface area contributed by atoms with Crippen molar-refractivity contribution < 1.29 is 19.1 Å². The monoisotopic (exact) mass is 516 g/mol. The SMILES string of the molecule is CC(S)CC(=O)CCCOc1ccc(C(C)(C)c2ccc(CCCOC(=O)CC(C)S)cc2)cc1. The van der Waals surface area contributed by atoms with Gasteiger partial charge in [0.25, 0.3) is 0 Å². The lowest BCUT2D eigenvalue weighted by Gasteiger charge is -2.26. The van der Waals surface area contributed by atoms with E-state index in [9.17, 15) is 9.59 Å². The van der Waals surface area contributed by atoms with Crippen molar-refractivity contribution in [2.24, 2.45) is 0 Å². The molecule has 0 aliphatic heterocycles. The highest BCUT2D eigenvalue weighted by atomic mass is 32.1. The van der Waals surface area contributed by atoms with Crippen molar-refractivity contribution in [3.8, 4) is 5.75 Å². The Kier molecular flexibility index (Phi) is 12.2. The molecule has 0 amide bonds. The molecule has 0 fully saturated rings. The molecule has 4 nitrogen and oxygen atoms in total. The molecule has 0 heterocycles. The number of Topliss-reactive ketones (excluding diaryl/α,β-unsaturated/α-hetero) is 1. The minimum absolute atomic E-state index is 0.0243. The second-order valence-corrected chi connectivity index (χ2v) is 11.5. The first-order valence-corrected chi connectivity index (χ1v) is 13.5. The van der Waals surface area contributed by atoms with Gasteiger partial charge in [0.1, 0.15) is 11.5 Å². The Morgan fingerprint density at radius 2 is 1.40 bits per heavy atom. The van der Waals surface area contributed by atoms with Gasteiger partial charge in [0.15, 0.2) is 0 Å². The zero-order valence-electron chi connectivity index (χ0n) is 21.5. The van der Waals surface area contributed by atoms with Gasteiger partial charge in [-0.2, -0.15) is 25.3 Å². The van der Waals surface area contributed by atoms with E-state index >= 15 is 0 Å². The number of hydrogen-bond donors (Lipinski definition) is 2. The van der Waals surface area contributed by atoms with Gasteiger partial charge in [0.2, 0.25) is 0 Å². The van der Waals surface area contributed by atoms with Gasteiger partial charge in [-0.05, 0) is 48.1 Å². The van der Waals surface area contributed by atoms with Crippen LogP contribution in [0.1, 0.15) is 76.5 Å². The van der Waals surface area contributed by atoms with Gasteiger partial charge >= 0.3 is 5.97 Å². The van der Waals surface area contributed by atoms with Crippen LogP contribution in [0.5, 0.6) is 5.75 Å². The molecule has 2 unspecified atom stereocenters. The summed E-state index contributed by atoms with van der Waals surface area (Å²) >= 11 is 8.48. The first-order valence-electron chi connectivity index (χ1n) is 12.4. The van der Waals surface area contributed by atoms with Gasteiger partial charge in [-0.3, -0.25) is 9.59 Å². The number of esters is 1. The average molecular weight is 517 g/mol. The summed E-state index contributed by atoms with van der Waals surface area (Å²) in [5.41, 5.74) is 3.53. The molecule has 0 radical (unpaired) electrons. The van der Waals surface area contributed by atoms with Gasteiger partial charge in [-0.15, -0.1) is 0 Å². The molecule has 0 N–H and O–H groups in total. The van der Waals surface area contributed by atoms with Crippen LogP contribution in [0.15, 0.2) is 48.5 Å². The molecule has 0 bridgehead atoms. The van der Waals surface area contributed by atoms with Crippen molar-refractivity contribution >= 4 is 37.0 Å². The fourth-order valence-corrected chi connectivity index (χ4v) is 4.23. The highest BCUT2D eigenvalue weighted by Crippen LogP contribution is 2.32. The lowest BCUT2D eigenvalue weighted by atomic mass is 9.78. The quantitative estimate of drug-likeness (QED) is 0.158. The minimum Gasteiger partial charge on any atom is -0.494 e. The van der Waals surface area contributed by atoms with E-state index in [0.717, 1.165) is 25.0 Å². The Balaban J connectivity index is 1.82. The standard InChI is InChI=1S/C29H40O4S2/c1-21(34)19-26(30)8-6-17-32-27-15-13-25(14-16-27)29(3,4)24-11-9-23(10-12-24)7-5-18-33-28(31)20-22(2)35/h9-16,21-22,34-35H,5-8,17-20H2,1-4H3. The number of carbonyl (C=O) groups is 2. The van der Waals surface area contributed by atoms with Crippen LogP contribution in [0.4, 0.5) is 0 Å². The Labute approximate surface area is 222 Å². The predicted molar refractivity (Wildman–Crippen MR) is 150 cm³/mol. The second-order valence-electron chi connectivity index (χ2n) is 9.77. The lowest BCUT2D eigenvalue weighted by molar-refractivity contribution is -0.143. The largest absolute Gasteiger partial charge is 0.494 e. The predicted octanol–water partition coefficient (Wildman–Crippen LogP) is 6.63. The zero-order chi connectivity index (χ0) is 25.8.